The van der Waals surface area contributed by atoms with Crippen LogP contribution in [-0.2, 0) is 11.2 Å². The predicted octanol–water partition coefficient (Wildman–Crippen LogP) is 3.99. The largest absolute Gasteiger partial charge is 0.349 e. The first-order valence-electron chi connectivity index (χ1n) is 9.26. The van der Waals surface area contributed by atoms with Crippen LogP contribution in [0.5, 0.6) is 0 Å². The van der Waals surface area contributed by atoms with Crippen molar-refractivity contribution in [2.75, 3.05) is 0 Å². The maximum absolute atomic E-state index is 12.5. The van der Waals surface area contributed by atoms with Crippen molar-refractivity contribution in [1.29, 1.82) is 5.26 Å². The van der Waals surface area contributed by atoms with Gasteiger partial charge < -0.3 is 5.32 Å². The summed E-state index contributed by atoms with van der Waals surface area (Å²) in [5.41, 5.74) is 3.91. The summed E-state index contributed by atoms with van der Waals surface area (Å²) in [6.45, 7) is 2.11. The van der Waals surface area contributed by atoms with Crippen LogP contribution in [0, 0.1) is 11.3 Å². The lowest BCUT2D eigenvalue weighted by Crippen LogP contribution is -2.36. The van der Waals surface area contributed by atoms with Gasteiger partial charge in [-0.2, -0.15) is 10.4 Å². The van der Waals surface area contributed by atoms with Crippen LogP contribution in [0.15, 0.2) is 36.0 Å². The van der Waals surface area contributed by atoms with Gasteiger partial charge in [0.25, 0.3) is 5.91 Å². The van der Waals surface area contributed by atoms with Gasteiger partial charge in [0.2, 0.25) is 0 Å². The third-order valence-corrected chi connectivity index (χ3v) is 4.92. The highest BCUT2D eigenvalue weighted by molar-refractivity contribution is 6.02. The third-order valence-electron chi connectivity index (χ3n) is 4.92. The number of hydrogen-bond acceptors (Lipinski definition) is 3. The molecule has 0 bridgehead atoms. The van der Waals surface area contributed by atoms with Crippen LogP contribution in [0.4, 0.5) is 0 Å². The van der Waals surface area contributed by atoms with E-state index in [9.17, 15) is 10.1 Å². The van der Waals surface area contributed by atoms with Gasteiger partial charge in [0.15, 0.2) is 0 Å². The number of aryl methyl sites for hydroxylation is 1. The molecule has 1 aromatic carbocycles. The number of nitriles is 1. The Hall–Kier alpha value is -2.87. The first-order chi connectivity index (χ1) is 12.7. The van der Waals surface area contributed by atoms with E-state index in [1.54, 1.807) is 12.3 Å². The molecule has 2 N–H and O–H groups in total. The standard InChI is InChI=1S/C21H24N4O/c1-2-15-8-10-16(11-9-15)20-18(14-23-25-20)12-17(13-22)21(26)24-19-6-4-3-5-7-19/h8-12,14,19H,2-7H2,1H3,(H,23,25)(H,24,26)/b17-12-. The zero-order valence-corrected chi connectivity index (χ0v) is 15.1. The minimum Gasteiger partial charge on any atom is -0.349 e. The van der Waals surface area contributed by atoms with Gasteiger partial charge in [0.1, 0.15) is 11.6 Å². The summed E-state index contributed by atoms with van der Waals surface area (Å²) in [6, 6.07) is 10.4. The van der Waals surface area contributed by atoms with Crippen molar-refractivity contribution < 1.29 is 4.79 Å². The molecule has 5 heteroatoms. The Morgan fingerprint density at radius 1 is 1.31 bits per heavy atom. The number of aromatic nitrogens is 2. The van der Waals surface area contributed by atoms with Crippen LogP contribution >= 0.6 is 0 Å². The van der Waals surface area contributed by atoms with Crippen LogP contribution in [0.3, 0.4) is 0 Å². The number of nitrogens with one attached hydrogen (secondary N) is 2. The summed E-state index contributed by atoms with van der Waals surface area (Å²) >= 11 is 0. The van der Waals surface area contributed by atoms with Crippen LogP contribution in [0.2, 0.25) is 0 Å². The Balaban J connectivity index is 1.80. The van der Waals surface area contributed by atoms with Gasteiger partial charge in [-0.15, -0.1) is 0 Å². The Morgan fingerprint density at radius 3 is 2.69 bits per heavy atom. The molecule has 0 saturated heterocycles. The summed E-state index contributed by atoms with van der Waals surface area (Å²) in [5.74, 6) is -0.298. The number of benzene rings is 1. The molecule has 26 heavy (non-hydrogen) atoms. The second kappa shape index (κ2) is 8.48. The molecule has 1 fully saturated rings. The van der Waals surface area contributed by atoms with Crippen molar-refractivity contribution >= 4 is 12.0 Å². The summed E-state index contributed by atoms with van der Waals surface area (Å²) in [5, 5.41) is 19.5. The smallest absolute Gasteiger partial charge is 0.262 e. The zero-order chi connectivity index (χ0) is 18.4. The Kier molecular flexibility index (Phi) is 5.85. The Morgan fingerprint density at radius 2 is 2.04 bits per heavy atom. The van der Waals surface area contributed by atoms with Crippen molar-refractivity contribution in [3.05, 3.63) is 47.2 Å². The van der Waals surface area contributed by atoms with Gasteiger partial charge in [-0.3, -0.25) is 9.89 Å². The molecule has 0 spiro atoms. The van der Waals surface area contributed by atoms with Gasteiger partial charge in [0.05, 0.1) is 11.9 Å². The van der Waals surface area contributed by atoms with Gasteiger partial charge in [-0.1, -0.05) is 50.5 Å². The fourth-order valence-corrected chi connectivity index (χ4v) is 3.36. The summed E-state index contributed by atoms with van der Waals surface area (Å²) < 4.78 is 0. The number of rotatable bonds is 5. The quantitative estimate of drug-likeness (QED) is 0.633. The number of amides is 1. The van der Waals surface area contributed by atoms with Gasteiger partial charge in [0, 0.05) is 17.2 Å². The Bertz CT molecular complexity index is 820. The van der Waals surface area contributed by atoms with E-state index in [0.717, 1.165) is 48.9 Å². The summed E-state index contributed by atoms with van der Waals surface area (Å²) in [7, 11) is 0. The maximum Gasteiger partial charge on any atom is 0.262 e. The van der Waals surface area contributed by atoms with Gasteiger partial charge >= 0.3 is 0 Å². The highest BCUT2D eigenvalue weighted by Crippen LogP contribution is 2.24. The monoisotopic (exact) mass is 348 g/mol. The second-order valence-corrected chi connectivity index (χ2v) is 6.73. The molecule has 1 aromatic heterocycles. The summed E-state index contributed by atoms with van der Waals surface area (Å²) in [6.07, 6.45) is 9.72. The predicted molar refractivity (Wildman–Crippen MR) is 102 cm³/mol. The van der Waals surface area contributed by atoms with E-state index in [1.807, 2.05) is 18.2 Å². The van der Waals surface area contributed by atoms with E-state index >= 15 is 0 Å². The van der Waals surface area contributed by atoms with E-state index in [2.05, 4.69) is 34.6 Å². The molecular weight excluding hydrogens is 324 g/mol. The van der Waals surface area contributed by atoms with Crippen molar-refractivity contribution in [2.45, 2.75) is 51.5 Å². The first kappa shape index (κ1) is 17.9. The van der Waals surface area contributed by atoms with Crippen molar-refractivity contribution in [3.8, 4) is 17.3 Å². The highest BCUT2D eigenvalue weighted by atomic mass is 16.1. The minimum atomic E-state index is -0.298. The van der Waals surface area contributed by atoms with Crippen LogP contribution in [-0.4, -0.2) is 22.1 Å². The molecule has 1 amide bonds. The van der Waals surface area contributed by atoms with E-state index in [4.69, 9.17) is 0 Å². The molecule has 5 nitrogen and oxygen atoms in total. The average molecular weight is 348 g/mol. The number of carbonyl (C=O) groups is 1. The number of H-pyrrole nitrogens is 1. The topological polar surface area (TPSA) is 81.6 Å². The normalized spacial score (nSPS) is 15.5. The van der Waals surface area contributed by atoms with Crippen molar-refractivity contribution in [2.24, 2.45) is 0 Å². The fourth-order valence-electron chi connectivity index (χ4n) is 3.36. The lowest BCUT2D eigenvalue weighted by Gasteiger charge is -2.22. The molecule has 1 saturated carbocycles. The lowest BCUT2D eigenvalue weighted by molar-refractivity contribution is -0.117. The lowest BCUT2D eigenvalue weighted by atomic mass is 9.95. The zero-order valence-electron chi connectivity index (χ0n) is 15.1. The van der Waals surface area contributed by atoms with Crippen LogP contribution < -0.4 is 5.32 Å². The first-order valence-corrected chi connectivity index (χ1v) is 9.26. The van der Waals surface area contributed by atoms with Crippen molar-refractivity contribution in [3.63, 3.8) is 0 Å². The number of aromatic amines is 1. The number of carbonyl (C=O) groups excluding carboxylic acids is 1. The maximum atomic E-state index is 12.5. The fraction of sp³-hybridized carbons (Fsp3) is 0.381. The second-order valence-electron chi connectivity index (χ2n) is 6.73. The highest BCUT2D eigenvalue weighted by Gasteiger charge is 2.18. The van der Waals surface area contributed by atoms with Gasteiger partial charge in [-0.05, 0) is 30.9 Å². The molecule has 0 radical (unpaired) electrons. The van der Waals surface area contributed by atoms with Crippen LogP contribution in [0.1, 0.15) is 50.2 Å². The summed E-state index contributed by atoms with van der Waals surface area (Å²) in [4.78, 5) is 12.5. The van der Waals surface area contributed by atoms with E-state index in [0.29, 0.717) is 0 Å². The molecular formula is C21H24N4O. The molecule has 0 atom stereocenters. The third kappa shape index (κ3) is 4.20. The Labute approximate surface area is 154 Å². The van der Waals surface area contributed by atoms with Gasteiger partial charge in [-0.25, -0.2) is 0 Å². The molecule has 2 aromatic rings. The van der Waals surface area contributed by atoms with E-state index in [1.165, 1.54) is 12.0 Å². The van der Waals surface area contributed by atoms with E-state index < -0.39 is 0 Å². The van der Waals surface area contributed by atoms with Crippen molar-refractivity contribution in [1.82, 2.24) is 15.5 Å². The molecule has 1 aliphatic carbocycles. The molecule has 3 rings (SSSR count). The SMILES string of the molecule is CCc1ccc(-c2[nH]ncc2/C=C(/C#N)C(=O)NC2CCCCC2)cc1. The minimum absolute atomic E-state index is 0.114. The number of nitrogens with zero attached hydrogens (tertiary/aromatic N) is 2. The van der Waals surface area contributed by atoms with Crippen LogP contribution in [0.25, 0.3) is 17.3 Å². The molecule has 1 heterocycles. The number of hydrogen-bond donors (Lipinski definition) is 2. The van der Waals surface area contributed by atoms with E-state index in [-0.39, 0.29) is 17.5 Å². The molecule has 1 aliphatic rings. The molecule has 0 unspecified atom stereocenters. The average Bonchev–Trinajstić information content (AvgIpc) is 3.15. The molecule has 134 valence electrons. The molecule has 0 aliphatic heterocycles.